The normalized spacial score (nSPS) is 12.3. The Hall–Kier alpha value is -2.42. The van der Waals surface area contributed by atoms with Crippen LogP contribution in [0.1, 0.15) is 37.5 Å². The van der Waals surface area contributed by atoms with E-state index in [1.54, 1.807) is 12.1 Å². The van der Waals surface area contributed by atoms with Gasteiger partial charge in [-0.15, -0.1) is 0 Å². The third kappa shape index (κ3) is 5.88. The molecule has 172 valence electrons. The Morgan fingerprint density at radius 3 is 2.62 bits per heavy atom. The fourth-order valence-electron chi connectivity index (χ4n) is 3.16. The number of aromatic nitrogens is 1. The van der Waals surface area contributed by atoms with E-state index in [1.807, 2.05) is 24.3 Å². The molecule has 0 saturated carbocycles. The van der Waals surface area contributed by atoms with Crippen LogP contribution in [0.5, 0.6) is 5.75 Å². The fraction of sp³-hybridized carbons (Fsp3) is 0.417. The zero-order valence-corrected chi connectivity index (χ0v) is 21.2. The number of nitrogens with one attached hydrogen (secondary N) is 2. The highest BCUT2D eigenvalue weighted by atomic mass is 32.1. The topological polar surface area (TPSA) is 91.4 Å². The van der Waals surface area contributed by atoms with Crippen LogP contribution >= 0.6 is 11.3 Å². The lowest BCUT2D eigenvalue weighted by Crippen LogP contribution is -2.40. The van der Waals surface area contributed by atoms with Crippen LogP contribution in [0.2, 0.25) is 18.1 Å². The SMILES string of the molecule is CC(C)(C)[Si](C)(C)OCc1cccc(CC(=O)NCCc2ccc(O)c3[nH]c(=O)sc23)c1. The number of carbonyl (C=O) groups excluding carboxylic acids is 1. The van der Waals surface area contributed by atoms with Crippen molar-refractivity contribution in [2.45, 2.75) is 58.4 Å². The number of amides is 1. The lowest BCUT2D eigenvalue weighted by atomic mass is 10.1. The molecule has 0 unspecified atom stereocenters. The Balaban J connectivity index is 1.54. The van der Waals surface area contributed by atoms with Crippen molar-refractivity contribution in [3.8, 4) is 5.75 Å². The van der Waals surface area contributed by atoms with Crippen LogP contribution in [0, 0.1) is 0 Å². The fourth-order valence-corrected chi connectivity index (χ4v) is 5.02. The zero-order valence-electron chi connectivity index (χ0n) is 19.4. The molecule has 1 heterocycles. The molecule has 0 aliphatic rings. The average molecular weight is 473 g/mol. The highest BCUT2D eigenvalue weighted by molar-refractivity contribution is 7.16. The van der Waals surface area contributed by atoms with Crippen molar-refractivity contribution in [3.05, 3.63) is 62.8 Å². The van der Waals surface area contributed by atoms with Crippen molar-refractivity contribution in [3.63, 3.8) is 0 Å². The number of phenolic OH excluding ortho intramolecular Hbond substituents is 1. The Morgan fingerprint density at radius 1 is 1.19 bits per heavy atom. The lowest BCUT2D eigenvalue weighted by Gasteiger charge is -2.36. The van der Waals surface area contributed by atoms with Crippen LogP contribution in [0.4, 0.5) is 0 Å². The maximum atomic E-state index is 12.5. The van der Waals surface area contributed by atoms with Crippen LogP contribution in [-0.2, 0) is 28.7 Å². The first-order valence-corrected chi connectivity index (χ1v) is 14.5. The van der Waals surface area contributed by atoms with E-state index in [9.17, 15) is 14.7 Å². The predicted octanol–water partition coefficient (Wildman–Crippen LogP) is 4.72. The summed E-state index contributed by atoms with van der Waals surface area (Å²) in [6, 6.07) is 11.4. The molecule has 0 saturated heterocycles. The molecule has 32 heavy (non-hydrogen) atoms. The van der Waals surface area contributed by atoms with Gasteiger partial charge >= 0.3 is 4.87 Å². The molecule has 0 bridgehead atoms. The standard InChI is InChI=1S/C24H32N2O4SSi/c1-24(2,3)32(4,5)30-15-17-8-6-7-16(13-17)14-20(28)25-12-11-18-9-10-19(27)21-22(18)31-23(29)26-21/h6-10,13,27H,11-12,14-15H2,1-5H3,(H,25,28)(H,26,29). The molecular weight excluding hydrogens is 440 g/mol. The minimum Gasteiger partial charge on any atom is -0.506 e. The first-order valence-electron chi connectivity index (χ1n) is 10.8. The summed E-state index contributed by atoms with van der Waals surface area (Å²) in [5.41, 5.74) is 3.41. The van der Waals surface area contributed by atoms with E-state index in [2.05, 4.69) is 44.2 Å². The molecule has 0 radical (unpaired) electrons. The molecule has 3 rings (SSSR count). The molecule has 2 aromatic carbocycles. The van der Waals surface area contributed by atoms with Crippen molar-refractivity contribution in [2.75, 3.05) is 6.54 Å². The number of carbonyl (C=O) groups is 1. The molecule has 3 aromatic rings. The van der Waals surface area contributed by atoms with Crippen molar-refractivity contribution >= 4 is 35.8 Å². The average Bonchev–Trinajstić information content (AvgIpc) is 3.10. The summed E-state index contributed by atoms with van der Waals surface area (Å²) < 4.78 is 7.03. The Morgan fingerprint density at radius 2 is 1.91 bits per heavy atom. The Bertz CT molecular complexity index is 1160. The van der Waals surface area contributed by atoms with Crippen LogP contribution in [0.25, 0.3) is 10.2 Å². The van der Waals surface area contributed by atoms with E-state index in [0.29, 0.717) is 31.5 Å². The number of benzene rings is 2. The first-order chi connectivity index (χ1) is 15.0. The third-order valence-electron chi connectivity index (χ3n) is 6.12. The summed E-state index contributed by atoms with van der Waals surface area (Å²) >= 11 is 1.07. The van der Waals surface area contributed by atoms with Gasteiger partial charge in [-0.1, -0.05) is 62.4 Å². The van der Waals surface area contributed by atoms with E-state index >= 15 is 0 Å². The number of aromatic amines is 1. The maximum Gasteiger partial charge on any atom is 0.305 e. The van der Waals surface area contributed by atoms with Gasteiger partial charge in [-0.3, -0.25) is 9.59 Å². The number of fused-ring (bicyclic) bond motifs is 1. The smallest absolute Gasteiger partial charge is 0.305 e. The van der Waals surface area contributed by atoms with E-state index < -0.39 is 8.32 Å². The van der Waals surface area contributed by atoms with Crippen molar-refractivity contribution in [1.82, 2.24) is 10.3 Å². The summed E-state index contributed by atoms with van der Waals surface area (Å²) in [7, 11) is -1.82. The number of hydrogen-bond donors (Lipinski definition) is 3. The van der Waals surface area contributed by atoms with Gasteiger partial charge in [-0.2, -0.15) is 0 Å². The van der Waals surface area contributed by atoms with Gasteiger partial charge in [0.1, 0.15) is 11.3 Å². The molecule has 0 spiro atoms. The molecular formula is C24H32N2O4SSi. The summed E-state index contributed by atoms with van der Waals surface area (Å²) in [6.45, 7) is 12.1. The van der Waals surface area contributed by atoms with E-state index in [0.717, 1.165) is 32.7 Å². The largest absolute Gasteiger partial charge is 0.506 e. The number of thiazole rings is 1. The Kier molecular flexibility index (Phi) is 7.27. The monoisotopic (exact) mass is 472 g/mol. The van der Waals surface area contributed by atoms with Gasteiger partial charge in [-0.05, 0) is 47.3 Å². The van der Waals surface area contributed by atoms with Crippen LogP contribution < -0.4 is 10.2 Å². The molecule has 0 atom stereocenters. The van der Waals surface area contributed by atoms with Gasteiger partial charge < -0.3 is 19.8 Å². The van der Waals surface area contributed by atoms with Crippen LogP contribution in [-0.4, -0.2) is 30.9 Å². The molecule has 0 aliphatic heterocycles. The van der Waals surface area contributed by atoms with E-state index in [1.165, 1.54) is 0 Å². The summed E-state index contributed by atoms with van der Waals surface area (Å²) in [5.74, 6) is 0.00768. The number of aromatic hydroxyl groups is 1. The number of phenols is 1. The number of hydrogen-bond acceptors (Lipinski definition) is 5. The van der Waals surface area contributed by atoms with Crippen molar-refractivity contribution in [1.29, 1.82) is 0 Å². The van der Waals surface area contributed by atoms with E-state index in [-0.39, 0.29) is 21.6 Å². The number of H-pyrrole nitrogens is 1. The van der Waals surface area contributed by atoms with Gasteiger partial charge in [0.05, 0.1) is 17.7 Å². The van der Waals surface area contributed by atoms with Crippen LogP contribution in [0.3, 0.4) is 0 Å². The highest BCUT2D eigenvalue weighted by Gasteiger charge is 2.37. The molecule has 1 aromatic heterocycles. The summed E-state index contributed by atoms with van der Waals surface area (Å²) in [4.78, 5) is 26.5. The quantitative estimate of drug-likeness (QED) is 0.414. The van der Waals surface area contributed by atoms with Gasteiger partial charge in [0.15, 0.2) is 8.32 Å². The lowest BCUT2D eigenvalue weighted by molar-refractivity contribution is -0.120. The molecule has 0 fully saturated rings. The minimum atomic E-state index is -1.82. The predicted molar refractivity (Wildman–Crippen MR) is 133 cm³/mol. The van der Waals surface area contributed by atoms with Gasteiger partial charge in [0, 0.05) is 6.54 Å². The second-order valence-corrected chi connectivity index (χ2v) is 15.4. The van der Waals surface area contributed by atoms with Crippen LogP contribution in [0.15, 0.2) is 41.2 Å². The molecule has 0 aliphatic carbocycles. The zero-order chi connectivity index (χ0) is 23.5. The Labute approximate surface area is 193 Å². The van der Waals surface area contributed by atoms with E-state index in [4.69, 9.17) is 4.43 Å². The maximum absolute atomic E-state index is 12.5. The summed E-state index contributed by atoms with van der Waals surface area (Å²) in [6.07, 6.45) is 0.882. The number of rotatable bonds is 8. The molecule has 8 heteroatoms. The van der Waals surface area contributed by atoms with Gasteiger partial charge in [-0.25, -0.2) is 0 Å². The molecule has 1 amide bonds. The second-order valence-electron chi connectivity index (χ2n) is 9.61. The highest BCUT2D eigenvalue weighted by Crippen LogP contribution is 2.37. The third-order valence-corrected chi connectivity index (χ3v) is 11.6. The molecule has 3 N–H and O–H groups in total. The second kappa shape index (κ2) is 9.60. The van der Waals surface area contributed by atoms with Crippen molar-refractivity contribution < 1.29 is 14.3 Å². The van der Waals surface area contributed by atoms with Crippen molar-refractivity contribution in [2.24, 2.45) is 0 Å². The first kappa shape index (κ1) is 24.2. The minimum absolute atomic E-state index is 0.0512. The van der Waals surface area contributed by atoms with Gasteiger partial charge in [0.25, 0.3) is 0 Å². The van der Waals surface area contributed by atoms with Gasteiger partial charge in [0.2, 0.25) is 5.91 Å². The summed E-state index contributed by atoms with van der Waals surface area (Å²) in [5, 5.41) is 13.0. The molecule has 6 nitrogen and oxygen atoms in total.